The second-order valence-corrected chi connectivity index (χ2v) is 9.26. The number of para-hydroxylation sites is 1. The topological polar surface area (TPSA) is 133 Å². The molecule has 1 fully saturated rings. The summed E-state index contributed by atoms with van der Waals surface area (Å²) in [5.41, 5.74) is 0.729. The van der Waals surface area contributed by atoms with Crippen molar-refractivity contribution in [2.24, 2.45) is 4.99 Å². The van der Waals surface area contributed by atoms with E-state index in [0.717, 1.165) is 12.7 Å². The van der Waals surface area contributed by atoms with Crippen LogP contribution in [0.4, 0.5) is 5.69 Å². The zero-order chi connectivity index (χ0) is 27.7. The van der Waals surface area contributed by atoms with Crippen LogP contribution in [0.1, 0.15) is 17.5 Å². The summed E-state index contributed by atoms with van der Waals surface area (Å²) in [5, 5.41) is 3.31. The fourth-order valence-corrected chi connectivity index (χ4v) is 5.63. The van der Waals surface area contributed by atoms with E-state index in [1.54, 1.807) is 0 Å². The normalized spacial score (nSPS) is 22.6. The SMILES string of the molecule is COC(=O)C1=C(C(=O)OC)C2Nc3ccccc3[C@@]23CC(C(=O)OC)N(C(=O)COCc2ccccc2)C3=N1. The van der Waals surface area contributed by atoms with E-state index in [4.69, 9.17) is 18.9 Å². The number of ether oxygens (including phenoxy) is 4. The van der Waals surface area contributed by atoms with Crippen molar-refractivity contribution in [3.63, 3.8) is 0 Å². The highest BCUT2D eigenvalue weighted by atomic mass is 16.5. The van der Waals surface area contributed by atoms with Gasteiger partial charge in [0.1, 0.15) is 18.5 Å². The van der Waals surface area contributed by atoms with Gasteiger partial charge in [0.2, 0.25) is 0 Å². The van der Waals surface area contributed by atoms with Crippen molar-refractivity contribution >= 4 is 35.3 Å². The molecule has 11 heteroatoms. The molecule has 1 amide bonds. The van der Waals surface area contributed by atoms with E-state index < -0.39 is 41.3 Å². The van der Waals surface area contributed by atoms with Crippen molar-refractivity contribution in [2.75, 3.05) is 33.3 Å². The molecular weight excluding hydrogens is 506 g/mol. The highest BCUT2D eigenvalue weighted by molar-refractivity contribution is 6.17. The third-order valence-corrected chi connectivity index (χ3v) is 7.28. The number of aliphatic imine (C=N–C) groups is 1. The molecule has 2 unspecified atom stereocenters. The van der Waals surface area contributed by atoms with Crippen molar-refractivity contribution in [1.29, 1.82) is 0 Å². The highest BCUT2D eigenvalue weighted by Gasteiger charge is 2.65. The highest BCUT2D eigenvalue weighted by Crippen LogP contribution is 2.55. The van der Waals surface area contributed by atoms with Crippen molar-refractivity contribution in [2.45, 2.75) is 30.5 Å². The van der Waals surface area contributed by atoms with Crippen molar-refractivity contribution in [3.8, 4) is 0 Å². The van der Waals surface area contributed by atoms with Gasteiger partial charge in [0.25, 0.3) is 5.91 Å². The van der Waals surface area contributed by atoms with Gasteiger partial charge in [-0.25, -0.2) is 19.4 Å². The van der Waals surface area contributed by atoms with Crippen molar-refractivity contribution in [3.05, 3.63) is 77.0 Å². The van der Waals surface area contributed by atoms with E-state index in [-0.39, 0.29) is 36.7 Å². The molecule has 3 atom stereocenters. The summed E-state index contributed by atoms with van der Waals surface area (Å²) in [6.07, 6.45) is 0.0482. The molecule has 0 radical (unpaired) electrons. The lowest BCUT2D eigenvalue weighted by atomic mass is 9.69. The van der Waals surface area contributed by atoms with Gasteiger partial charge in [0.05, 0.1) is 45.0 Å². The number of nitrogens with one attached hydrogen (secondary N) is 1. The number of amidine groups is 1. The number of carbonyl (C=O) groups is 4. The Labute approximate surface area is 224 Å². The number of benzene rings is 2. The number of methoxy groups -OCH3 is 3. The van der Waals surface area contributed by atoms with Gasteiger partial charge in [-0.2, -0.15) is 0 Å². The van der Waals surface area contributed by atoms with Gasteiger partial charge < -0.3 is 24.3 Å². The van der Waals surface area contributed by atoms with Crippen LogP contribution >= 0.6 is 0 Å². The van der Waals surface area contributed by atoms with Crippen LogP contribution in [0.2, 0.25) is 0 Å². The lowest BCUT2D eigenvalue weighted by molar-refractivity contribution is -0.150. The molecule has 11 nitrogen and oxygen atoms in total. The maximum atomic E-state index is 13.7. The van der Waals surface area contributed by atoms with Crippen LogP contribution in [0.5, 0.6) is 0 Å². The minimum Gasteiger partial charge on any atom is -0.467 e. The number of carbonyl (C=O) groups excluding carboxylic acids is 4. The zero-order valence-corrected chi connectivity index (χ0v) is 21.6. The molecular formula is C28H27N3O8. The smallest absolute Gasteiger partial charge is 0.357 e. The molecule has 202 valence electrons. The zero-order valence-electron chi connectivity index (χ0n) is 21.6. The number of amides is 1. The molecule has 39 heavy (non-hydrogen) atoms. The molecule has 2 aromatic rings. The van der Waals surface area contributed by atoms with Gasteiger partial charge in [0, 0.05) is 5.69 Å². The van der Waals surface area contributed by atoms with Crippen LogP contribution in [0.15, 0.2) is 70.9 Å². The summed E-state index contributed by atoms with van der Waals surface area (Å²) in [7, 11) is 3.59. The van der Waals surface area contributed by atoms with E-state index in [2.05, 4.69) is 10.3 Å². The van der Waals surface area contributed by atoms with Crippen LogP contribution in [0.25, 0.3) is 0 Å². The van der Waals surface area contributed by atoms with Crippen molar-refractivity contribution < 1.29 is 38.1 Å². The van der Waals surface area contributed by atoms with Crippen molar-refractivity contribution in [1.82, 2.24) is 4.90 Å². The summed E-state index contributed by atoms with van der Waals surface area (Å²) in [5.74, 6) is -2.76. The molecule has 3 heterocycles. The Bertz CT molecular complexity index is 1400. The third kappa shape index (κ3) is 4.15. The molecule has 3 aliphatic rings. The van der Waals surface area contributed by atoms with Gasteiger partial charge in [-0.3, -0.25) is 9.69 Å². The van der Waals surface area contributed by atoms with E-state index in [1.807, 2.05) is 54.6 Å². The van der Waals surface area contributed by atoms with Crippen LogP contribution in [-0.4, -0.2) is 74.6 Å². The second-order valence-electron chi connectivity index (χ2n) is 9.26. The number of esters is 3. The summed E-state index contributed by atoms with van der Waals surface area (Å²) in [4.78, 5) is 58.5. The van der Waals surface area contributed by atoms with Gasteiger partial charge in [-0.05, 0) is 23.6 Å². The lowest BCUT2D eigenvalue weighted by Gasteiger charge is -2.37. The molecule has 0 bridgehead atoms. The molecule has 5 rings (SSSR count). The average molecular weight is 534 g/mol. The first kappa shape index (κ1) is 26.1. The minimum absolute atomic E-state index is 0.0482. The Balaban J connectivity index is 1.63. The average Bonchev–Trinajstić information content (AvgIpc) is 3.49. The third-order valence-electron chi connectivity index (χ3n) is 7.28. The number of hydrogen-bond donors (Lipinski definition) is 1. The lowest BCUT2D eigenvalue weighted by Crippen LogP contribution is -2.53. The first-order valence-corrected chi connectivity index (χ1v) is 12.2. The van der Waals surface area contributed by atoms with Gasteiger partial charge in [-0.15, -0.1) is 0 Å². The van der Waals surface area contributed by atoms with Gasteiger partial charge in [0.15, 0.2) is 5.70 Å². The molecule has 1 saturated heterocycles. The van der Waals surface area contributed by atoms with Gasteiger partial charge >= 0.3 is 17.9 Å². The number of anilines is 1. The Morgan fingerprint density at radius 2 is 1.64 bits per heavy atom. The Hall–Kier alpha value is -4.51. The molecule has 1 N–H and O–H groups in total. The van der Waals surface area contributed by atoms with Crippen LogP contribution in [0, 0.1) is 0 Å². The summed E-state index contributed by atoms with van der Waals surface area (Å²) in [6.45, 7) is -0.188. The summed E-state index contributed by atoms with van der Waals surface area (Å²) in [6, 6.07) is 14.6. The molecule has 0 aromatic heterocycles. The maximum Gasteiger partial charge on any atom is 0.357 e. The standard InChI is InChI=1S/C28H27N3O8/c1-36-24(33)19-13-28-17-11-7-8-12-18(17)29-23(28)21(25(34)37-2)22(26(35)38-3)30-27(28)31(19)20(32)15-39-14-16-9-5-4-6-10-16/h4-12,19,23,29H,13-15H2,1-3H3/t19?,23?,28-/m0/s1. The first-order valence-electron chi connectivity index (χ1n) is 12.2. The predicted molar refractivity (Wildman–Crippen MR) is 137 cm³/mol. The van der Waals surface area contributed by atoms with Gasteiger partial charge in [-0.1, -0.05) is 48.5 Å². The number of hydrogen-bond acceptors (Lipinski definition) is 10. The number of rotatable bonds is 7. The van der Waals surface area contributed by atoms with E-state index in [0.29, 0.717) is 11.3 Å². The maximum absolute atomic E-state index is 13.7. The van der Waals surface area contributed by atoms with Crippen LogP contribution in [0.3, 0.4) is 0 Å². The monoisotopic (exact) mass is 533 g/mol. The summed E-state index contributed by atoms with van der Waals surface area (Å²) < 4.78 is 20.7. The fraction of sp³-hybridized carbons (Fsp3) is 0.321. The molecule has 2 aromatic carbocycles. The van der Waals surface area contributed by atoms with Crippen LogP contribution < -0.4 is 5.32 Å². The molecule has 0 saturated carbocycles. The first-order chi connectivity index (χ1) is 18.9. The largest absolute Gasteiger partial charge is 0.467 e. The predicted octanol–water partition coefficient (Wildman–Crippen LogP) is 1.72. The molecule has 3 aliphatic heterocycles. The molecule has 1 spiro atoms. The van der Waals surface area contributed by atoms with E-state index in [9.17, 15) is 19.2 Å². The number of fused-ring (bicyclic) bond motifs is 1. The number of likely N-dealkylation sites (tertiary alicyclic amines) is 1. The number of nitrogens with zero attached hydrogens (tertiary/aromatic N) is 2. The fourth-order valence-electron chi connectivity index (χ4n) is 5.63. The summed E-state index contributed by atoms with van der Waals surface area (Å²) >= 11 is 0. The van der Waals surface area contributed by atoms with Crippen LogP contribution in [-0.2, 0) is 50.1 Å². The van der Waals surface area contributed by atoms with E-state index in [1.165, 1.54) is 19.1 Å². The Kier molecular flexibility index (Phi) is 6.92. The molecule has 0 aliphatic carbocycles. The minimum atomic E-state index is -1.16. The Morgan fingerprint density at radius 3 is 2.33 bits per heavy atom. The Morgan fingerprint density at radius 1 is 0.949 bits per heavy atom. The second kappa shape index (κ2) is 10.3. The quantitative estimate of drug-likeness (QED) is 0.417. The van der Waals surface area contributed by atoms with E-state index >= 15 is 0 Å².